The van der Waals surface area contributed by atoms with Gasteiger partial charge >= 0.3 is 6.09 Å². The third kappa shape index (κ3) is 2.75. The van der Waals surface area contributed by atoms with Crippen LogP contribution in [0.4, 0.5) is 4.79 Å². The van der Waals surface area contributed by atoms with E-state index in [2.05, 4.69) is 0 Å². The Kier molecular flexibility index (Phi) is 3.82. The molecule has 2 fully saturated rings. The minimum Gasteiger partial charge on any atom is -0.508 e. The molecule has 148 valence electrons. The zero-order valence-electron chi connectivity index (χ0n) is 16.0. The number of carbonyl (C=O) groups excluding carboxylic acids is 4. The predicted molar refractivity (Wildman–Crippen MR) is 96.1 cm³/mol. The van der Waals surface area contributed by atoms with Crippen molar-refractivity contribution in [1.29, 1.82) is 0 Å². The number of aromatic hydroxyl groups is 1. The highest BCUT2D eigenvalue weighted by molar-refractivity contribution is 6.16. The van der Waals surface area contributed by atoms with Crippen LogP contribution in [0.3, 0.4) is 0 Å². The molecule has 1 spiro atoms. The van der Waals surface area contributed by atoms with Crippen molar-refractivity contribution in [2.75, 3.05) is 0 Å². The summed E-state index contributed by atoms with van der Waals surface area (Å²) in [6.45, 7) is 5.01. The minimum atomic E-state index is -1.01. The third-order valence-corrected chi connectivity index (χ3v) is 5.52. The van der Waals surface area contributed by atoms with E-state index >= 15 is 0 Å². The number of piperidine rings is 1. The van der Waals surface area contributed by atoms with E-state index in [1.165, 1.54) is 11.0 Å². The molecular weight excluding hydrogens is 364 g/mol. The van der Waals surface area contributed by atoms with E-state index in [0.29, 0.717) is 28.9 Å². The highest BCUT2D eigenvalue weighted by Crippen LogP contribution is 2.54. The van der Waals surface area contributed by atoms with Gasteiger partial charge in [-0.05, 0) is 52.2 Å². The second-order valence-corrected chi connectivity index (χ2v) is 8.70. The topological polar surface area (TPSA) is 104 Å². The minimum absolute atomic E-state index is 0.0159. The fraction of sp³-hybridized carbons (Fsp3) is 0.500. The SMILES string of the molecule is CC(C)(C)OC(=O)N1C(=O)C(N2Cc3c(O)cccc3C2=O)CC2(CC2)C1=O. The Balaban J connectivity index is 1.66. The molecule has 28 heavy (non-hydrogen) atoms. The van der Waals surface area contributed by atoms with Crippen LogP contribution in [0.15, 0.2) is 18.2 Å². The van der Waals surface area contributed by atoms with Crippen LogP contribution in [-0.4, -0.2) is 50.4 Å². The Morgan fingerprint density at radius 3 is 2.46 bits per heavy atom. The van der Waals surface area contributed by atoms with Crippen LogP contribution in [-0.2, 0) is 20.9 Å². The third-order valence-electron chi connectivity index (χ3n) is 5.52. The van der Waals surface area contributed by atoms with E-state index in [-0.39, 0.29) is 18.7 Å². The molecular formula is C20H22N2O6. The molecule has 3 aliphatic rings. The van der Waals surface area contributed by atoms with Crippen molar-refractivity contribution in [3.8, 4) is 5.75 Å². The first kappa shape index (κ1) is 18.5. The second-order valence-electron chi connectivity index (χ2n) is 8.70. The highest BCUT2D eigenvalue weighted by Gasteiger charge is 2.62. The van der Waals surface area contributed by atoms with Crippen molar-refractivity contribution >= 4 is 23.8 Å². The van der Waals surface area contributed by atoms with E-state index in [9.17, 15) is 24.3 Å². The van der Waals surface area contributed by atoms with Crippen LogP contribution >= 0.6 is 0 Å². The summed E-state index contributed by atoms with van der Waals surface area (Å²) in [5.41, 5.74) is -0.886. The molecule has 1 aromatic rings. The number of hydrogen-bond acceptors (Lipinski definition) is 6. The number of rotatable bonds is 1. The number of likely N-dealkylation sites (tertiary alicyclic amines) is 1. The molecule has 1 saturated heterocycles. The maximum absolute atomic E-state index is 13.1. The number of fused-ring (bicyclic) bond motifs is 1. The lowest BCUT2D eigenvalue weighted by Gasteiger charge is -2.38. The molecule has 4 amide bonds. The summed E-state index contributed by atoms with van der Waals surface area (Å²) >= 11 is 0. The molecule has 2 heterocycles. The lowest BCUT2D eigenvalue weighted by atomic mass is 9.89. The zero-order valence-corrected chi connectivity index (χ0v) is 16.0. The molecule has 1 aromatic carbocycles. The number of phenols is 1. The summed E-state index contributed by atoms with van der Waals surface area (Å²) in [5, 5.41) is 10.1. The normalized spacial score (nSPS) is 23.2. The number of imide groups is 3. The molecule has 8 nitrogen and oxygen atoms in total. The summed E-state index contributed by atoms with van der Waals surface area (Å²) in [4.78, 5) is 53.3. The predicted octanol–water partition coefficient (Wildman–Crippen LogP) is 2.19. The van der Waals surface area contributed by atoms with Gasteiger partial charge < -0.3 is 14.7 Å². The van der Waals surface area contributed by atoms with Gasteiger partial charge in [-0.1, -0.05) is 6.07 Å². The highest BCUT2D eigenvalue weighted by atomic mass is 16.6. The van der Waals surface area contributed by atoms with Gasteiger partial charge in [0.25, 0.3) is 11.8 Å². The maximum Gasteiger partial charge on any atom is 0.424 e. The number of hydrogen-bond donors (Lipinski definition) is 1. The molecule has 1 atom stereocenters. The Bertz CT molecular complexity index is 912. The summed E-state index contributed by atoms with van der Waals surface area (Å²) in [6.07, 6.45) is 0.305. The molecule has 8 heteroatoms. The smallest absolute Gasteiger partial charge is 0.424 e. The summed E-state index contributed by atoms with van der Waals surface area (Å²) < 4.78 is 5.26. The van der Waals surface area contributed by atoms with Crippen LogP contribution in [0.5, 0.6) is 5.75 Å². The van der Waals surface area contributed by atoms with Crippen LogP contribution in [0.25, 0.3) is 0 Å². The van der Waals surface area contributed by atoms with Crippen molar-refractivity contribution < 1.29 is 29.0 Å². The fourth-order valence-electron chi connectivity index (χ4n) is 3.91. The molecule has 0 aromatic heterocycles. The lowest BCUT2D eigenvalue weighted by Crippen LogP contribution is -2.60. The van der Waals surface area contributed by atoms with Crippen LogP contribution < -0.4 is 0 Å². The number of amides is 4. The Morgan fingerprint density at radius 2 is 1.89 bits per heavy atom. The van der Waals surface area contributed by atoms with E-state index < -0.39 is 40.9 Å². The summed E-state index contributed by atoms with van der Waals surface area (Å²) in [5.74, 6) is -1.70. The van der Waals surface area contributed by atoms with Gasteiger partial charge in [0.2, 0.25) is 5.91 Å². The Morgan fingerprint density at radius 1 is 1.21 bits per heavy atom. The average molecular weight is 386 g/mol. The Labute approximate surface area is 162 Å². The molecule has 0 bridgehead atoms. The molecule has 1 N–H and O–H groups in total. The van der Waals surface area contributed by atoms with Crippen molar-refractivity contribution in [1.82, 2.24) is 9.80 Å². The van der Waals surface area contributed by atoms with E-state index in [1.54, 1.807) is 32.9 Å². The van der Waals surface area contributed by atoms with Gasteiger partial charge in [-0.2, -0.15) is 4.90 Å². The van der Waals surface area contributed by atoms with Gasteiger partial charge in [-0.3, -0.25) is 14.4 Å². The first-order valence-electron chi connectivity index (χ1n) is 9.27. The molecule has 0 radical (unpaired) electrons. The van der Waals surface area contributed by atoms with Crippen LogP contribution in [0, 0.1) is 5.41 Å². The number of phenolic OH excluding ortho intramolecular Hbond substituents is 1. The van der Waals surface area contributed by atoms with Gasteiger partial charge in [-0.25, -0.2) is 4.79 Å². The van der Waals surface area contributed by atoms with Crippen molar-refractivity contribution in [2.24, 2.45) is 5.41 Å². The fourth-order valence-corrected chi connectivity index (χ4v) is 3.91. The molecule has 4 rings (SSSR count). The van der Waals surface area contributed by atoms with E-state index in [1.807, 2.05) is 0 Å². The molecule has 1 aliphatic carbocycles. The van der Waals surface area contributed by atoms with Crippen molar-refractivity contribution in [3.05, 3.63) is 29.3 Å². The lowest BCUT2D eigenvalue weighted by molar-refractivity contribution is -0.155. The van der Waals surface area contributed by atoms with Gasteiger partial charge in [0.05, 0.1) is 12.0 Å². The van der Waals surface area contributed by atoms with Crippen LogP contribution in [0.1, 0.15) is 56.0 Å². The largest absolute Gasteiger partial charge is 0.508 e. The summed E-state index contributed by atoms with van der Waals surface area (Å²) in [7, 11) is 0. The number of ether oxygens (including phenoxy) is 1. The van der Waals surface area contributed by atoms with Crippen molar-refractivity contribution in [2.45, 2.75) is 58.2 Å². The van der Waals surface area contributed by atoms with E-state index in [4.69, 9.17) is 4.74 Å². The zero-order chi connectivity index (χ0) is 20.4. The molecule has 2 aliphatic heterocycles. The first-order valence-corrected chi connectivity index (χ1v) is 9.27. The van der Waals surface area contributed by atoms with E-state index in [0.717, 1.165) is 0 Å². The van der Waals surface area contributed by atoms with Gasteiger partial charge in [-0.15, -0.1) is 0 Å². The molecule has 1 saturated carbocycles. The molecule has 1 unspecified atom stereocenters. The van der Waals surface area contributed by atoms with Crippen LogP contribution in [0.2, 0.25) is 0 Å². The van der Waals surface area contributed by atoms with Gasteiger partial charge in [0.15, 0.2) is 0 Å². The maximum atomic E-state index is 13.1. The second kappa shape index (κ2) is 5.80. The monoisotopic (exact) mass is 386 g/mol. The van der Waals surface area contributed by atoms with Crippen molar-refractivity contribution in [3.63, 3.8) is 0 Å². The summed E-state index contributed by atoms with van der Waals surface area (Å²) in [6, 6.07) is 3.69. The number of carbonyl (C=O) groups is 4. The average Bonchev–Trinajstić information content (AvgIpc) is 3.29. The number of nitrogens with zero attached hydrogens (tertiary/aromatic N) is 2. The van der Waals surface area contributed by atoms with Gasteiger partial charge in [0.1, 0.15) is 17.4 Å². The standard InChI is InChI=1S/C20H22N2O6/c1-19(2,3)28-18(27)22-16(25)13(9-20(7-8-20)17(22)26)21-10-12-11(15(21)24)5-4-6-14(12)23/h4-6,13,23H,7-10H2,1-3H3. The first-order chi connectivity index (χ1) is 13.0. The van der Waals surface area contributed by atoms with Gasteiger partial charge in [0, 0.05) is 11.1 Å². The number of benzene rings is 1. The quantitative estimate of drug-likeness (QED) is 0.742. The Hall–Kier alpha value is -2.90.